The van der Waals surface area contributed by atoms with Crippen molar-refractivity contribution in [2.24, 2.45) is 0 Å². The van der Waals surface area contributed by atoms with Crippen LogP contribution in [0.25, 0.3) is 22.8 Å². The largest absolute Gasteiger partial charge is 0.489 e. The van der Waals surface area contributed by atoms with Gasteiger partial charge in [-0.3, -0.25) is 0 Å². The van der Waals surface area contributed by atoms with Gasteiger partial charge in [-0.1, -0.05) is 17.3 Å². The molecule has 4 aromatic rings. The molecule has 1 heterocycles. The fraction of sp³-hybridized carbons (Fsp3) is 0.0476. The smallest absolute Gasteiger partial charge is 0.261 e. The van der Waals surface area contributed by atoms with Crippen LogP contribution >= 0.6 is 0 Å². The molecule has 0 unspecified atom stereocenters. The van der Waals surface area contributed by atoms with Gasteiger partial charge in [0, 0.05) is 17.2 Å². The summed E-state index contributed by atoms with van der Waals surface area (Å²) in [4.78, 5) is 4.21. The van der Waals surface area contributed by atoms with Crippen molar-refractivity contribution >= 4 is 0 Å². The Morgan fingerprint density at radius 1 is 0.857 bits per heavy atom. The van der Waals surface area contributed by atoms with Gasteiger partial charge < -0.3 is 9.26 Å². The Hall–Kier alpha value is -3.61. The minimum absolute atomic E-state index is 0.0366. The van der Waals surface area contributed by atoms with Crippen molar-refractivity contribution in [2.75, 3.05) is 0 Å². The molecular weight excluding hydrogens is 369 g/mol. The van der Waals surface area contributed by atoms with Crippen molar-refractivity contribution in [3.8, 4) is 28.6 Å². The highest BCUT2D eigenvalue weighted by Crippen LogP contribution is 2.25. The lowest BCUT2D eigenvalue weighted by molar-refractivity contribution is 0.299. The summed E-state index contributed by atoms with van der Waals surface area (Å²) in [5.41, 5.74) is 1.12. The minimum Gasteiger partial charge on any atom is -0.489 e. The maximum absolute atomic E-state index is 13.8. The summed E-state index contributed by atoms with van der Waals surface area (Å²) in [6, 6.07) is 16.2. The van der Waals surface area contributed by atoms with E-state index >= 15 is 0 Å². The summed E-state index contributed by atoms with van der Waals surface area (Å²) < 4.78 is 51.0. The van der Waals surface area contributed by atoms with Crippen molar-refractivity contribution < 1.29 is 22.4 Å². The molecule has 0 spiro atoms. The molecule has 28 heavy (non-hydrogen) atoms. The monoisotopic (exact) mass is 382 g/mol. The first-order valence-corrected chi connectivity index (χ1v) is 8.36. The molecule has 4 nitrogen and oxygen atoms in total. The Kier molecular flexibility index (Phi) is 4.80. The van der Waals surface area contributed by atoms with Crippen molar-refractivity contribution in [1.82, 2.24) is 10.1 Å². The second-order valence-corrected chi connectivity index (χ2v) is 5.95. The highest BCUT2D eigenvalue weighted by Gasteiger charge is 2.14. The molecule has 140 valence electrons. The average Bonchev–Trinajstić information content (AvgIpc) is 3.18. The predicted molar refractivity (Wildman–Crippen MR) is 95.8 cm³/mol. The lowest BCUT2D eigenvalue weighted by Gasteiger charge is -2.07. The highest BCUT2D eigenvalue weighted by atomic mass is 19.1. The molecule has 0 atom stereocenters. The van der Waals surface area contributed by atoms with Crippen molar-refractivity contribution in [1.29, 1.82) is 0 Å². The number of benzene rings is 3. The molecule has 0 amide bonds. The summed E-state index contributed by atoms with van der Waals surface area (Å²) in [6.45, 7) is -0.0366. The summed E-state index contributed by atoms with van der Waals surface area (Å²) in [5, 5.41) is 3.87. The van der Waals surface area contributed by atoms with E-state index < -0.39 is 17.5 Å². The molecule has 4 rings (SSSR count). The summed E-state index contributed by atoms with van der Waals surface area (Å²) in [5.74, 6) is -0.876. The first-order valence-electron chi connectivity index (χ1n) is 8.36. The van der Waals surface area contributed by atoms with E-state index in [0.29, 0.717) is 17.1 Å². The van der Waals surface area contributed by atoms with Crippen LogP contribution in [-0.2, 0) is 6.61 Å². The van der Waals surface area contributed by atoms with Gasteiger partial charge in [-0.15, -0.1) is 0 Å². The number of nitrogens with zero attached hydrogens (tertiary/aromatic N) is 2. The van der Waals surface area contributed by atoms with Gasteiger partial charge in [0.05, 0.1) is 5.56 Å². The van der Waals surface area contributed by atoms with Gasteiger partial charge in [-0.05, 0) is 48.5 Å². The average molecular weight is 382 g/mol. The standard InChI is InChI=1S/C21H13F3N2O2/c22-15-8-5-14(19(24)11-15)12-27-16-9-6-13(7-10-16)20-25-21(28-26-20)17-3-1-2-4-18(17)23/h1-11H,12H2. The number of hydrogen-bond acceptors (Lipinski definition) is 4. The van der Waals surface area contributed by atoms with E-state index in [-0.39, 0.29) is 23.6 Å². The molecule has 0 aliphatic carbocycles. The summed E-state index contributed by atoms with van der Waals surface area (Å²) in [6.07, 6.45) is 0. The molecule has 0 N–H and O–H groups in total. The van der Waals surface area contributed by atoms with Gasteiger partial charge in [-0.25, -0.2) is 13.2 Å². The van der Waals surface area contributed by atoms with Crippen LogP contribution in [0.5, 0.6) is 5.75 Å². The molecule has 0 aliphatic heterocycles. The molecule has 0 saturated heterocycles. The van der Waals surface area contributed by atoms with E-state index in [1.54, 1.807) is 42.5 Å². The van der Waals surface area contributed by atoms with Crippen LogP contribution < -0.4 is 4.74 Å². The van der Waals surface area contributed by atoms with Crippen LogP contribution in [-0.4, -0.2) is 10.1 Å². The van der Waals surface area contributed by atoms with Gasteiger partial charge in [-0.2, -0.15) is 4.98 Å². The van der Waals surface area contributed by atoms with Crippen LogP contribution in [0.2, 0.25) is 0 Å². The highest BCUT2D eigenvalue weighted by molar-refractivity contribution is 5.60. The summed E-state index contributed by atoms with van der Waals surface area (Å²) >= 11 is 0. The predicted octanol–water partition coefficient (Wildman–Crippen LogP) is 5.40. The quantitative estimate of drug-likeness (QED) is 0.464. The molecule has 0 fully saturated rings. The molecule has 0 radical (unpaired) electrons. The van der Waals surface area contributed by atoms with Crippen LogP contribution in [0, 0.1) is 17.5 Å². The molecule has 7 heteroatoms. The normalized spacial score (nSPS) is 10.8. The second kappa shape index (κ2) is 7.56. The molecule has 1 aromatic heterocycles. The minimum atomic E-state index is -0.663. The van der Waals surface area contributed by atoms with E-state index in [0.717, 1.165) is 6.07 Å². The van der Waals surface area contributed by atoms with E-state index in [2.05, 4.69) is 10.1 Å². The number of rotatable bonds is 5. The molecule has 0 saturated carbocycles. The Balaban J connectivity index is 1.47. The van der Waals surface area contributed by atoms with Gasteiger partial charge in [0.25, 0.3) is 5.89 Å². The van der Waals surface area contributed by atoms with Gasteiger partial charge >= 0.3 is 0 Å². The third-order valence-electron chi connectivity index (χ3n) is 4.05. The van der Waals surface area contributed by atoms with Gasteiger partial charge in [0.1, 0.15) is 29.8 Å². The van der Waals surface area contributed by atoms with Crippen molar-refractivity contribution in [2.45, 2.75) is 6.61 Å². The zero-order valence-electron chi connectivity index (χ0n) is 14.4. The van der Waals surface area contributed by atoms with E-state index in [9.17, 15) is 13.2 Å². The first-order chi connectivity index (χ1) is 13.6. The van der Waals surface area contributed by atoms with Crippen LogP contribution in [0.3, 0.4) is 0 Å². The fourth-order valence-electron chi connectivity index (χ4n) is 2.58. The fourth-order valence-corrected chi connectivity index (χ4v) is 2.58. The zero-order valence-corrected chi connectivity index (χ0v) is 14.4. The van der Waals surface area contributed by atoms with Gasteiger partial charge in [0.15, 0.2) is 0 Å². The molecule has 0 aliphatic rings. The molecular formula is C21H13F3N2O2. The third-order valence-corrected chi connectivity index (χ3v) is 4.05. The maximum atomic E-state index is 13.8. The second-order valence-electron chi connectivity index (χ2n) is 5.95. The van der Waals surface area contributed by atoms with Crippen LogP contribution in [0.4, 0.5) is 13.2 Å². The van der Waals surface area contributed by atoms with E-state index in [1.165, 1.54) is 18.2 Å². The Labute approximate surface area is 158 Å². The zero-order chi connectivity index (χ0) is 19.5. The maximum Gasteiger partial charge on any atom is 0.261 e. The van der Waals surface area contributed by atoms with Crippen LogP contribution in [0.1, 0.15) is 5.56 Å². The lowest BCUT2D eigenvalue weighted by atomic mass is 10.2. The first kappa shape index (κ1) is 17.8. The Morgan fingerprint density at radius 3 is 2.39 bits per heavy atom. The number of aromatic nitrogens is 2. The van der Waals surface area contributed by atoms with Crippen LogP contribution in [0.15, 0.2) is 71.3 Å². The number of halogens is 3. The van der Waals surface area contributed by atoms with E-state index in [1.807, 2.05) is 0 Å². The third kappa shape index (κ3) is 3.73. The van der Waals surface area contributed by atoms with Crippen molar-refractivity contribution in [3.05, 3.63) is 89.7 Å². The topological polar surface area (TPSA) is 48.2 Å². The SMILES string of the molecule is Fc1ccc(COc2ccc(-c3noc(-c4ccccc4F)n3)cc2)c(F)c1. The Bertz CT molecular complexity index is 1110. The summed E-state index contributed by atoms with van der Waals surface area (Å²) in [7, 11) is 0. The molecule has 0 bridgehead atoms. The van der Waals surface area contributed by atoms with Crippen molar-refractivity contribution in [3.63, 3.8) is 0 Å². The lowest BCUT2D eigenvalue weighted by Crippen LogP contribution is -1.99. The van der Waals surface area contributed by atoms with E-state index in [4.69, 9.17) is 9.26 Å². The Morgan fingerprint density at radius 2 is 1.64 bits per heavy atom. The number of hydrogen-bond donors (Lipinski definition) is 0. The van der Waals surface area contributed by atoms with Gasteiger partial charge in [0.2, 0.25) is 5.82 Å². The number of ether oxygens (including phenoxy) is 1. The molecule has 3 aromatic carbocycles.